The van der Waals surface area contributed by atoms with Crippen LogP contribution in [0.4, 0.5) is 0 Å². The number of carbonyl (C=O) groups excluding carboxylic acids is 3. The minimum atomic E-state index is -4.79. The van der Waals surface area contributed by atoms with E-state index < -0.39 is 64.4 Å². The fraction of sp³-hybridized carbons (Fsp3) is 0.569. The molecule has 0 radical (unpaired) electrons. The van der Waals surface area contributed by atoms with Gasteiger partial charge in [0.2, 0.25) is 0 Å². The van der Waals surface area contributed by atoms with Crippen molar-refractivity contribution < 1.29 is 52.2 Å². The SMILES string of the molecule is CC/C=C\C/C=C\C/C=C\C/C=C\C/C=C\CC(=O)OC(COC(=O)CCCC/C=C\C/C=C\C/C=C\C/C=C\CC)COP(=O)(O)OCC(CO)OC(=O)CCCCCCC/C=C\C/C=C\CCC. The number of ether oxygens (including phenoxy) is 3. The van der Waals surface area contributed by atoms with Crippen LogP contribution in [-0.2, 0) is 42.2 Å². The Bertz CT molecular complexity index is 1680. The van der Waals surface area contributed by atoms with Crippen LogP contribution in [-0.4, -0.2) is 66.5 Å². The van der Waals surface area contributed by atoms with Crippen molar-refractivity contribution in [1.82, 2.24) is 0 Å². The molecule has 0 amide bonds. The van der Waals surface area contributed by atoms with Crippen LogP contribution in [0.1, 0.15) is 175 Å². The number of phosphoric acid groups is 1. The summed E-state index contributed by atoms with van der Waals surface area (Å²) in [7, 11) is -4.79. The lowest BCUT2D eigenvalue weighted by Gasteiger charge is -2.21. The highest BCUT2D eigenvalue weighted by Crippen LogP contribution is 2.43. The third kappa shape index (κ3) is 48.6. The van der Waals surface area contributed by atoms with E-state index in [1.54, 1.807) is 6.08 Å². The predicted octanol–water partition coefficient (Wildman–Crippen LogP) is 15.0. The summed E-state index contributed by atoms with van der Waals surface area (Å²) in [6.07, 6.45) is 63.1. The molecule has 12 heteroatoms. The summed E-state index contributed by atoms with van der Waals surface area (Å²) < 4.78 is 39.2. The molecule has 0 saturated carbocycles. The summed E-state index contributed by atoms with van der Waals surface area (Å²) in [6, 6.07) is 0. The van der Waals surface area contributed by atoms with Crippen LogP contribution < -0.4 is 0 Å². The van der Waals surface area contributed by atoms with Gasteiger partial charge < -0.3 is 24.2 Å². The summed E-state index contributed by atoms with van der Waals surface area (Å²) >= 11 is 0. The molecule has 70 heavy (non-hydrogen) atoms. The molecule has 0 aliphatic carbocycles. The van der Waals surface area contributed by atoms with Crippen LogP contribution in [0.25, 0.3) is 0 Å². The van der Waals surface area contributed by atoms with E-state index in [0.29, 0.717) is 19.3 Å². The van der Waals surface area contributed by atoms with Gasteiger partial charge in [0, 0.05) is 12.8 Å². The Morgan fingerprint density at radius 3 is 1.29 bits per heavy atom. The van der Waals surface area contributed by atoms with Crippen LogP contribution in [0.15, 0.2) is 134 Å². The van der Waals surface area contributed by atoms with Crippen molar-refractivity contribution in [1.29, 1.82) is 0 Å². The first kappa shape index (κ1) is 65.6. The molecular formula is C58H91O11P. The molecule has 0 fully saturated rings. The van der Waals surface area contributed by atoms with Crippen molar-refractivity contribution in [2.75, 3.05) is 26.4 Å². The number of aliphatic hydroxyl groups is 1. The maximum absolute atomic E-state index is 12.8. The number of rotatable bonds is 46. The minimum absolute atomic E-state index is 0.0822. The van der Waals surface area contributed by atoms with Crippen molar-refractivity contribution in [3.8, 4) is 0 Å². The number of hydrogen-bond donors (Lipinski definition) is 2. The standard InChI is InChI=1S/C58H91O11P/c1-4-7-10-13-16-19-22-25-27-30-32-35-38-41-44-47-56(60)65-51-55(69-58(62)49-46-43-40-37-34-31-28-26-23-20-17-14-11-8-5-2)53-67-70(63,64)66-52-54(50-59)68-57(61)48-45-42-39-36-33-29-24-21-18-15-12-9-6-3/h7-8,10-12,15-17,19-21,24-28,32,34-35,37,43,46,54-55,59H,4-6,9,13-14,18,22-23,29-31,33,36,38-42,44-45,47-53H2,1-3H3,(H,63,64)/b10-7-,11-8-,15-12-,19-16-,20-17-,24-21-,27-25-,28-26-,35-32-,37-34-,46-43-. The van der Waals surface area contributed by atoms with Gasteiger partial charge in [-0.15, -0.1) is 0 Å². The van der Waals surface area contributed by atoms with Crippen LogP contribution in [0.2, 0.25) is 0 Å². The van der Waals surface area contributed by atoms with Gasteiger partial charge in [0.25, 0.3) is 0 Å². The van der Waals surface area contributed by atoms with Crippen LogP contribution in [0.5, 0.6) is 0 Å². The van der Waals surface area contributed by atoms with Gasteiger partial charge in [-0.2, -0.15) is 0 Å². The first-order valence-electron chi connectivity index (χ1n) is 26.1. The minimum Gasteiger partial charge on any atom is -0.462 e. The predicted molar refractivity (Wildman–Crippen MR) is 288 cm³/mol. The molecule has 3 atom stereocenters. The molecule has 0 aromatic rings. The van der Waals surface area contributed by atoms with Gasteiger partial charge in [-0.1, -0.05) is 180 Å². The van der Waals surface area contributed by atoms with Crippen molar-refractivity contribution in [2.45, 2.75) is 187 Å². The summed E-state index contributed by atoms with van der Waals surface area (Å²) in [5, 5.41) is 9.77. The Labute approximate surface area is 423 Å². The fourth-order valence-corrected chi connectivity index (χ4v) is 6.95. The van der Waals surface area contributed by atoms with Crippen LogP contribution >= 0.6 is 7.82 Å². The van der Waals surface area contributed by atoms with E-state index in [4.69, 9.17) is 23.3 Å². The normalized spacial score (nSPS) is 14.5. The van der Waals surface area contributed by atoms with Gasteiger partial charge in [0.05, 0.1) is 26.2 Å². The van der Waals surface area contributed by atoms with Crippen LogP contribution in [0.3, 0.4) is 0 Å². The fourth-order valence-electron chi connectivity index (χ4n) is 6.16. The molecule has 0 heterocycles. The number of carbonyl (C=O) groups is 3. The Kier molecular flexibility index (Phi) is 47.8. The van der Waals surface area contributed by atoms with Crippen molar-refractivity contribution >= 4 is 25.7 Å². The molecule has 2 N–H and O–H groups in total. The molecule has 0 aliphatic heterocycles. The molecule has 0 saturated heterocycles. The van der Waals surface area contributed by atoms with Gasteiger partial charge in [-0.3, -0.25) is 23.4 Å². The number of phosphoric ester groups is 1. The number of unbranched alkanes of at least 4 members (excludes halogenated alkanes) is 8. The molecule has 0 aliphatic rings. The molecule has 3 unspecified atom stereocenters. The summed E-state index contributed by atoms with van der Waals surface area (Å²) in [5.74, 6) is -1.70. The zero-order valence-corrected chi connectivity index (χ0v) is 44.1. The van der Waals surface area contributed by atoms with Crippen molar-refractivity contribution in [2.24, 2.45) is 0 Å². The Morgan fingerprint density at radius 1 is 0.429 bits per heavy atom. The highest BCUT2D eigenvalue weighted by atomic mass is 31.2. The van der Waals surface area contributed by atoms with Gasteiger partial charge in [0.1, 0.15) is 12.7 Å². The Balaban J connectivity index is 4.96. The van der Waals surface area contributed by atoms with E-state index in [9.17, 15) is 28.9 Å². The molecule has 0 spiro atoms. The second kappa shape index (κ2) is 51.0. The van der Waals surface area contributed by atoms with Gasteiger partial charge >= 0.3 is 25.7 Å². The lowest BCUT2D eigenvalue weighted by Crippen LogP contribution is -2.30. The third-order valence-electron chi connectivity index (χ3n) is 10.1. The number of allylic oxidation sites excluding steroid dienone is 21. The van der Waals surface area contributed by atoms with Crippen molar-refractivity contribution in [3.05, 3.63) is 134 Å². The van der Waals surface area contributed by atoms with E-state index >= 15 is 0 Å². The summed E-state index contributed by atoms with van der Waals surface area (Å²) in [4.78, 5) is 48.3. The molecule has 394 valence electrons. The van der Waals surface area contributed by atoms with Gasteiger partial charge in [0.15, 0.2) is 6.10 Å². The first-order chi connectivity index (χ1) is 34.2. The number of esters is 3. The number of hydrogen-bond acceptors (Lipinski definition) is 10. The largest absolute Gasteiger partial charge is 0.472 e. The highest BCUT2D eigenvalue weighted by molar-refractivity contribution is 7.47. The topological polar surface area (TPSA) is 155 Å². The Morgan fingerprint density at radius 2 is 0.800 bits per heavy atom. The lowest BCUT2D eigenvalue weighted by atomic mass is 10.1. The second-order valence-electron chi connectivity index (χ2n) is 16.6. The number of aliphatic hydroxyl groups excluding tert-OH is 1. The second-order valence-corrected chi connectivity index (χ2v) is 18.0. The van der Waals surface area contributed by atoms with Gasteiger partial charge in [-0.25, -0.2) is 4.57 Å². The van der Waals surface area contributed by atoms with E-state index in [1.807, 2.05) is 18.2 Å². The molecule has 0 aromatic heterocycles. The lowest BCUT2D eigenvalue weighted by molar-refractivity contribution is -0.160. The molecule has 11 nitrogen and oxygen atoms in total. The van der Waals surface area contributed by atoms with E-state index in [2.05, 4.69) is 130 Å². The van der Waals surface area contributed by atoms with E-state index in [1.165, 1.54) is 0 Å². The molecule has 0 bridgehead atoms. The third-order valence-corrected chi connectivity index (χ3v) is 11.0. The van der Waals surface area contributed by atoms with E-state index in [-0.39, 0.29) is 19.3 Å². The van der Waals surface area contributed by atoms with Crippen molar-refractivity contribution in [3.63, 3.8) is 0 Å². The monoisotopic (exact) mass is 995 g/mol. The quantitative estimate of drug-likeness (QED) is 0.0197. The van der Waals surface area contributed by atoms with E-state index in [0.717, 1.165) is 116 Å². The average molecular weight is 995 g/mol. The zero-order chi connectivity index (χ0) is 51.3. The van der Waals surface area contributed by atoms with Gasteiger partial charge in [-0.05, 0) is 109 Å². The highest BCUT2D eigenvalue weighted by Gasteiger charge is 2.28. The smallest absolute Gasteiger partial charge is 0.462 e. The summed E-state index contributed by atoms with van der Waals surface area (Å²) in [6.45, 7) is 4.13. The average Bonchev–Trinajstić information content (AvgIpc) is 3.35. The van der Waals surface area contributed by atoms with Crippen LogP contribution in [0, 0.1) is 0 Å². The maximum Gasteiger partial charge on any atom is 0.472 e. The Hall–Kier alpha value is -4.38. The first-order valence-corrected chi connectivity index (χ1v) is 27.6. The zero-order valence-electron chi connectivity index (χ0n) is 43.2. The molecule has 0 rings (SSSR count). The summed E-state index contributed by atoms with van der Waals surface area (Å²) in [5.41, 5.74) is 0. The molecule has 0 aromatic carbocycles. The molecular weight excluding hydrogens is 904 g/mol. The maximum atomic E-state index is 12.8.